The average Bonchev–Trinajstić information content (AvgIpc) is 2.34. The van der Waals surface area contributed by atoms with Crippen LogP contribution in [0.1, 0.15) is 24.3 Å². The molecule has 0 aromatic carbocycles. The highest BCUT2D eigenvalue weighted by molar-refractivity contribution is 5.88. The van der Waals surface area contributed by atoms with Gasteiger partial charge in [-0.3, -0.25) is 0 Å². The number of pyridine rings is 1. The van der Waals surface area contributed by atoms with Gasteiger partial charge in [0.1, 0.15) is 6.54 Å². The quantitative estimate of drug-likeness (QED) is 0.862. The molecule has 0 unspecified atom stereocenters. The minimum atomic E-state index is -4.40. The Labute approximate surface area is 114 Å². The highest BCUT2D eigenvalue weighted by Gasteiger charge is 2.33. The monoisotopic (exact) mass is 291 g/mol. The standard InChI is InChI=1S/C12H16F3N3O2/c1-7(2)18(6-12(13,14)15)10-8(16)4-5-9(17-10)11(19)20-3/h4-5,7H,6,16H2,1-3H3. The predicted octanol–water partition coefficient (Wildman–Crippen LogP) is 2.23. The molecule has 0 atom stereocenters. The molecule has 1 aromatic heterocycles. The number of rotatable bonds is 4. The number of methoxy groups -OCH3 is 1. The van der Waals surface area contributed by atoms with E-state index < -0.39 is 24.7 Å². The third kappa shape index (κ3) is 4.01. The minimum absolute atomic E-state index is 0.0654. The first-order chi connectivity index (χ1) is 9.15. The van der Waals surface area contributed by atoms with Crippen molar-refractivity contribution in [3.63, 3.8) is 0 Å². The van der Waals surface area contributed by atoms with Crippen LogP contribution in [-0.2, 0) is 4.74 Å². The van der Waals surface area contributed by atoms with Crippen LogP contribution in [-0.4, -0.2) is 36.8 Å². The molecular weight excluding hydrogens is 275 g/mol. The second-order valence-electron chi connectivity index (χ2n) is 4.44. The van der Waals surface area contributed by atoms with Crippen molar-refractivity contribution in [2.45, 2.75) is 26.1 Å². The molecule has 0 aliphatic heterocycles. The largest absolute Gasteiger partial charge is 0.464 e. The first-order valence-corrected chi connectivity index (χ1v) is 5.84. The number of carbonyl (C=O) groups is 1. The fourth-order valence-corrected chi connectivity index (χ4v) is 1.60. The van der Waals surface area contributed by atoms with Crippen LogP contribution in [0.25, 0.3) is 0 Å². The maximum Gasteiger partial charge on any atom is 0.405 e. The summed E-state index contributed by atoms with van der Waals surface area (Å²) in [6.45, 7) is 1.96. The number of aromatic nitrogens is 1. The van der Waals surface area contributed by atoms with Gasteiger partial charge in [-0.15, -0.1) is 0 Å². The zero-order valence-corrected chi connectivity index (χ0v) is 11.4. The summed E-state index contributed by atoms with van der Waals surface area (Å²) in [5, 5.41) is 0. The molecule has 5 nitrogen and oxygen atoms in total. The van der Waals surface area contributed by atoms with E-state index in [1.165, 1.54) is 12.1 Å². The molecule has 0 saturated heterocycles. The number of nitrogen functional groups attached to an aromatic ring is 1. The summed E-state index contributed by atoms with van der Waals surface area (Å²) in [5.41, 5.74) is 5.64. The summed E-state index contributed by atoms with van der Waals surface area (Å²) in [4.78, 5) is 16.3. The Morgan fingerprint density at radius 2 is 2.05 bits per heavy atom. The van der Waals surface area contributed by atoms with Crippen LogP contribution >= 0.6 is 0 Å². The van der Waals surface area contributed by atoms with Crippen LogP contribution in [0.5, 0.6) is 0 Å². The molecule has 0 aliphatic carbocycles. The van der Waals surface area contributed by atoms with Crippen LogP contribution in [0.4, 0.5) is 24.7 Å². The Morgan fingerprint density at radius 3 is 2.50 bits per heavy atom. The van der Waals surface area contributed by atoms with Crippen LogP contribution in [0.3, 0.4) is 0 Å². The van der Waals surface area contributed by atoms with E-state index in [0.717, 1.165) is 12.0 Å². The minimum Gasteiger partial charge on any atom is -0.464 e. The van der Waals surface area contributed by atoms with E-state index in [1.807, 2.05) is 0 Å². The van der Waals surface area contributed by atoms with Crippen LogP contribution in [0.2, 0.25) is 0 Å². The van der Waals surface area contributed by atoms with Crippen molar-refractivity contribution in [3.8, 4) is 0 Å². The summed E-state index contributed by atoms with van der Waals surface area (Å²) in [5.74, 6) is -0.817. The van der Waals surface area contributed by atoms with Gasteiger partial charge in [0.2, 0.25) is 0 Å². The number of anilines is 2. The SMILES string of the molecule is COC(=O)c1ccc(N)c(N(CC(F)(F)F)C(C)C)n1. The van der Waals surface area contributed by atoms with Gasteiger partial charge in [-0.2, -0.15) is 13.2 Å². The van der Waals surface area contributed by atoms with Crippen molar-refractivity contribution in [2.75, 3.05) is 24.3 Å². The van der Waals surface area contributed by atoms with Crippen LogP contribution < -0.4 is 10.6 Å². The second kappa shape index (κ2) is 5.98. The predicted molar refractivity (Wildman–Crippen MR) is 68.5 cm³/mol. The smallest absolute Gasteiger partial charge is 0.405 e. The molecule has 0 aliphatic rings. The summed E-state index contributed by atoms with van der Waals surface area (Å²) in [7, 11) is 1.16. The summed E-state index contributed by atoms with van der Waals surface area (Å²) in [6.07, 6.45) is -4.40. The fourth-order valence-electron chi connectivity index (χ4n) is 1.60. The number of esters is 1. The number of nitrogens with two attached hydrogens (primary N) is 1. The Morgan fingerprint density at radius 1 is 1.45 bits per heavy atom. The summed E-state index contributed by atoms with van der Waals surface area (Å²) < 4.78 is 42.3. The van der Waals surface area contributed by atoms with Gasteiger partial charge in [-0.05, 0) is 26.0 Å². The molecule has 0 radical (unpaired) electrons. The van der Waals surface area contributed by atoms with Crippen molar-refractivity contribution in [2.24, 2.45) is 0 Å². The Kier molecular flexibility index (Phi) is 4.80. The molecule has 1 heterocycles. The molecule has 0 amide bonds. The zero-order valence-electron chi connectivity index (χ0n) is 11.4. The maximum absolute atomic E-state index is 12.6. The van der Waals surface area contributed by atoms with E-state index in [0.29, 0.717) is 0 Å². The van der Waals surface area contributed by atoms with Crippen LogP contribution in [0.15, 0.2) is 12.1 Å². The van der Waals surface area contributed by atoms with E-state index in [9.17, 15) is 18.0 Å². The van der Waals surface area contributed by atoms with Gasteiger partial charge in [0.05, 0.1) is 12.8 Å². The van der Waals surface area contributed by atoms with E-state index >= 15 is 0 Å². The Hall–Kier alpha value is -1.99. The highest BCUT2D eigenvalue weighted by atomic mass is 19.4. The molecule has 112 valence electrons. The van der Waals surface area contributed by atoms with Gasteiger partial charge in [-0.1, -0.05) is 0 Å². The van der Waals surface area contributed by atoms with Gasteiger partial charge in [0.25, 0.3) is 0 Å². The first kappa shape index (κ1) is 16.1. The van der Waals surface area contributed by atoms with Crippen molar-refractivity contribution in [1.82, 2.24) is 4.98 Å². The number of nitrogens with zero attached hydrogens (tertiary/aromatic N) is 2. The van der Waals surface area contributed by atoms with E-state index in [2.05, 4.69) is 9.72 Å². The molecule has 20 heavy (non-hydrogen) atoms. The molecule has 0 fully saturated rings. The zero-order chi connectivity index (χ0) is 15.5. The van der Waals surface area contributed by atoms with Crippen molar-refractivity contribution in [1.29, 1.82) is 0 Å². The van der Waals surface area contributed by atoms with Crippen LogP contribution in [0, 0.1) is 0 Å². The summed E-state index contributed by atoms with van der Waals surface area (Å²) >= 11 is 0. The first-order valence-electron chi connectivity index (χ1n) is 5.84. The molecule has 2 N–H and O–H groups in total. The second-order valence-corrected chi connectivity index (χ2v) is 4.44. The normalized spacial score (nSPS) is 11.6. The number of alkyl halides is 3. The third-order valence-electron chi connectivity index (χ3n) is 2.54. The Balaban J connectivity index is 3.22. The lowest BCUT2D eigenvalue weighted by atomic mass is 10.2. The highest BCUT2D eigenvalue weighted by Crippen LogP contribution is 2.27. The van der Waals surface area contributed by atoms with E-state index in [4.69, 9.17) is 5.73 Å². The molecule has 1 rings (SSSR count). The molecule has 0 bridgehead atoms. The lowest BCUT2D eigenvalue weighted by molar-refractivity contribution is -0.120. The molecule has 0 spiro atoms. The lowest BCUT2D eigenvalue weighted by Crippen LogP contribution is -2.40. The number of carbonyl (C=O) groups excluding carboxylic acids is 1. The topological polar surface area (TPSA) is 68.5 Å². The number of ether oxygens (including phenoxy) is 1. The summed E-state index contributed by atoms with van der Waals surface area (Å²) in [6, 6.07) is 2.15. The average molecular weight is 291 g/mol. The Bertz CT molecular complexity index is 489. The molecule has 0 saturated carbocycles. The van der Waals surface area contributed by atoms with Crippen molar-refractivity contribution >= 4 is 17.5 Å². The van der Waals surface area contributed by atoms with Gasteiger partial charge >= 0.3 is 12.1 Å². The van der Waals surface area contributed by atoms with Gasteiger partial charge < -0.3 is 15.4 Å². The van der Waals surface area contributed by atoms with Gasteiger partial charge in [-0.25, -0.2) is 9.78 Å². The van der Waals surface area contributed by atoms with Gasteiger partial charge in [0.15, 0.2) is 11.5 Å². The maximum atomic E-state index is 12.6. The third-order valence-corrected chi connectivity index (χ3v) is 2.54. The number of hydrogen-bond acceptors (Lipinski definition) is 5. The molecule has 8 heteroatoms. The number of halogens is 3. The van der Waals surface area contributed by atoms with E-state index in [1.54, 1.807) is 13.8 Å². The van der Waals surface area contributed by atoms with Crippen molar-refractivity contribution in [3.05, 3.63) is 17.8 Å². The van der Waals surface area contributed by atoms with Gasteiger partial charge in [0, 0.05) is 6.04 Å². The molecular formula is C12H16F3N3O2. The lowest BCUT2D eigenvalue weighted by Gasteiger charge is -2.29. The van der Waals surface area contributed by atoms with Crippen molar-refractivity contribution < 1.29 is 22.7 Å². The number of hydrogen-bond donors (Lipinski definition) is 1. The molecule has 1 aromatic rings. The van der Waals surface area contributed by atoms with E-state index in [-0.39, 0.29) is 17.2 Å². The fraction of sp³-hybridized carbons (Fsp3) is 0.500.